The van der Waals surface area contributed by atoms with Crippen LogP contribution in [0.4, 0.5) is 5.69 Å². The van der Waals surface area contributed by atoms with Crippen LogP contribution in [0.2, 0.25) is 0 Å². The summed E-state index contributed by atoms with van der Waals surface area (Å²) in [7, 11) is 3.49. The summed E-state index contributed by atoms with van der Waals surface area (Å²) in [5.74, 6) is -0.0502. The Balaban J connectivity index is 2.67. The van der Waals surface area contributed by atoms with Gasteiger partial charge in [0.15, 0.2) is 0 Å². The molecule has 0 heterocycles. The Morgan fingerprint density at radius 2 is 2.06 bits per heavy atom. The molecule has 0 bridgehead atoms. The van der Waals surface area contributed by atoms with Crippen LogP contribution in [0.1, 0.15) is 6.92 Å². The molecule has 2 N–H and O–H groups in total. The fourth-order valence-electron chi connectivity index (χ4n) is 1.69. The van der Waals surface area contributed by atoms with E-state index in [1.165, 1.54) is 0 Å². The van der Waals surface area contributed by atoms with Gasteiger partial charge in [-0.2, -0.15) is 0 Å². The average Bonchev–Trinajstić information content (AvgIpc) is 2.38. The highest BCUT2D eigenvalue weighted by Gasteiger charge is 2.18. The molecule has 1 aromatic carbocycles. The summed E-state index contributed by atoms with van der Waals surface area (Å²) in [5.41, 5.74) is 0.958. The summed E-state index contributed by atoms with van der Waals surface area (Å²) in [5, 5.41) is 12.0. The summed E-state index contributed by atoms with van der Waals surface area (Å²) in [6.45, 7) is 2.94. The van der Waals surface area contributed by atoms with Crippen LogP contribution < -0.4 is 15.0 Å². The molecular formula is C13H20N2O3. The minimum atomic E-state index is -0.836. The first-order chi connectivity index (χ1) is 8.58. The number of nitrogens with one attached hydrogen (secondary N) is 1. The van der Waals surface area contributed by atoms with Crippen LogP contribution in [0.3, 0.4) is 0 Å². The molecule has 1 atom stereocenters. The smallest absolute Gasteiger partial charge is 0.322 e. The molecule has 0 radical (unpaired) electrons. The van der Waals surface area contributed by atoms with Gasteiger partial charge >= 0.3 is 5.97 Å². The van der Waals surface area contributed by atoms with E-state index in [4.69, 9.17) is 9.84 Å². The number of anilines is 1. The quantitative estimate of drug-likeness (QED) is 0.763. The lowest BCUT2D eigenvalue weighted by atomic mass is 10.2. The molecule has 0 amide bonds. The van der Waals surface area contributed by atoms with E-state index in [0.29, 0.717) is 13.1 Å². The molecule has 1 rings (SSSR count). The van der Waals surface area contributed by atoms with Gasteiger partial charge in [0.05, 0.1) is 7.11 Å². The van der Waals surface area contributed by atoms with Gasteiger partial charge in [-0.05, 0) is 30.8 Å². The molecule has 5 nitrogen and oxygen atoms in total. The highest BCUT2D eigenvalue weighted by molar-refractivity contribution is 5.74. The van der Waals surface area contributed by atoms with Gasteiger partial charge in [-0.3, -0.25) is 4.79 Å². The Morgan fingerprint density at radius 3 is 2.50 bits per heavy atom. The number of methoxy groups -OCH3 is 1. The third-order valence-electron chi connectivity index (χ3n) is 2.72. The van der Waals surface area contributed by atoms with Gasteiger partial charge < -0.3 is 20.1 Å². The molecule has 0 spiro atoms. The van der Waals surface area contributed by atoms with Gasteiger partial charge in [-0.25, -0.2) is 0 Å². The lowest BCUT2D eigenvalue weighted by molar-refractivity contribution is -0.139. The van der Waals surface area contributed by atoms with Crippen LogP contribution in [0, 0.1) is 0 Å². The second-order valence-corrected chi connectivity index (χ2v) is 4.03. The first kappa shape index (κ1) is 14.3. The third-order valence-corrected chi connectivity index (χ3v) is 2.72. The Labute approximate surface area is 107 Å². The number of carbonyl (C=O) groups is 1. The summed E-state index contributed by atoms with van der Waals surface area (Å²) in [6.07, 6.45) is 0. The number of hydrogen-bond donors (Lipinski definition) is 2. The van der Waals surface area contributed by atoms with Crippen LogP contribution in [0.5, 0.6) is 5.75 Å². The first-order valence-corrected chi connectivity index (χ1v) is 5.89. The van der Waals surface area contributed by atoms with Crippen molar-refractivity contribution in [2.75, 3.05) is 32.1 Å². The second kappa shape index (κ2) is 6.86. The standard InChI is InChI=1S/C13H20N2O3/c1-4-14-12(13(16)17)9-15(2)10-5-7-11(18-3)8-6-10/h5-8,12,14H,4,9H2,1-3H3,(H,16,17). The van der Waals surface area contributed by atoms with Crippen LogP contribution >= 0.6 is 0 Å². The third kappa shape index (κ3) is 3.92. The number of benzene rings is 1. The second-order valence-electron chi connectivity index (χ2n) is 4.03. The predicted molar refractivity (Wildman–Crippen MR) is 71.4 cm³/mol. The van der Waals surface area contributed by atoms with Crippen LogP contribution in [-0.2, 0) is 4.79 Å². The fraction of sp³-hybridized carbons (Fsp3) is 0.462. The van der Waals surface area contributed by atoms with Crippen LogP contribution in [0.15, 0.2) is 24.3 Å². The van der Waals surface area contributed by atoms with Gasteiger partial charge in [0.2, 0.25) is 0 Å². The number of aliphatic carboxylic acids is 1. The number of likely N-dealkylation sites (N-methyl/N-ethyl adjacent to an activating group) is 2. The molecule has 100 valence electrons. The lowest BCUT2D eigenvalue weighted by Gasteiger charge is -2.24. The molecule has 0 saturated heterocycles. The minimum absolute atomic E-state index is 0.412. The van der Waals surface area contributed by atoms with Gasteiger partial charge in [-0.1, -0.05) is 6.92 Å². The van der Waals surface area contributed by atoms with E-state index in [2.05, 4.69) is 5.32 Å². The monoisotopic (exact) mass is 252 g/mol. The van der Waals surface area contributed by atoms with Crippen molar-refractivity contribution in [3.8, 4) is 5.75 Å². The SMILES string of the molecule is CCNC(CN(C)c1ccc(OC)cc1)C(=O)O. The molecular weight excluding hydrogens is 232 g/mol. The number of carboxylic acid groups (broad SMARTS) is 1. The number of hydrogen-bond acceptors (Lipinski definition) is 4. The maximum absolute atomic E-state index is 11.0. The zero-order chi connectivity index (χ0) is 13.5. The molecule has 0 aliphatic rings. The molecule has 18 heavy (non-hydrogen) atoms. The highest BCUT2D eigenvalue weighted by atomic mass is 16.5. The maximum Gasteiger partial charge on any atom is 0.322 e. The van der Waals surface area contributed by atoms with E-state index < -0.39 is 12.0 Å². The van der Waals surface area contributed by atoms with E-state index in [0.717, 1.165) is 11.4 Å². The minimum Gasteiger partial charge on any atom is -0.497 e. The summed E-state index contributed by atoms with van der Waals surface area (Å²) in [6, 6.07) is 6.96. The number of ether oxygens (including phenoxy) is 1. The number of carboxylic acids is 1. The van der Waals surface area contributed by atoms with Crippen LogP contribution in [0.25, 0.3) is 0 Å². The Kier molecular flexibility index (Phi) is 5.45. The van der Waals surface area contributed by atoms with Gasteiger partial charge in [-0.15, -0.1) is 0 Å². The molecule has 1 aromatic rings. The molecule has 1 unspecified atom stereocenters. The summed E-state index contributed by atoms with van der Waals surface area (Å²) in [4.78, 5) is 13.0. The summed E-state index contributed by atoms with van der Waals surface area (Å²) >= 11 is 0. The molecule has 0 aliphatic heterocycles. The molecule has 0 aliphatic carbocycles. The molecule has 0 aromatic heterocycles. The average molecular weight is 252 g/mol. The zero-order valence-electron chi connectivity index (χ0n) is 11.0. The largest absolute Gasteiger partial charge is 0.497 e. The van der Waals surface area contributed by atoms with Gasteiger partial charge in [0, 0.05) is 19.3 Å². The van der Waals surface area contributed by atoms with Crippen molar-refractivity contribution in [1.29, 1.82) is 0 Å². The first-order valence-electron chi connectivity index (χ1n) is 5.89. The Bertz CT molecular complexity index is 378. The van der Waals surface area contributed by atoms with Crippen LogP contribution in [-0.4, -0.2) is 44.4 Å². The topological polar surface area (TPSA) is 61.8 Å². The lowest BCUT2D eigenvalue weighted by Crippen LogP contribution is -2.45. The highest BCUT2D eigenvalue weighted by Crippen LogP contribution is 2.18. The van der Waals surface area contributed by atoms with Crippen molar-refractivity contribution >= 4 is 11.7 Å². The predicted octanol–water partition coefficient (Wildman–Crippen LogP) is 1.19. The van der Waals surface area contributed by atoms with Crippen molar-refractivity contribution in [1.82, 2.24) is 5.32 Å². The van der Waals surface area contributed by atoms with Crippen molar-refractivity contribution in [2.24, 2.45) is 0 Å². The maximum atomic E-state index is 11.0. The van der Waals surface area contributed by atoms with E-state index in [1.807, 2.05) is 43.1 Å². The fourth-order valence-corrected chi connectivity index (χ4v) is 1.69. The number of rotatable bonds is 7. The van der Waals surface area contributed by atoms with E-state index >= 15 is 0 Å². The van der Waals surface area contributed by atoms with E-state index in [-0.39, 0.29) is 0 Å². The van der Waals surface area contributed by atoms with E-state index in [1.54, 1.807) is 7.11 Å². The molecule has 5 heteroatoms. The Hall–Kier alpha value is -1.75. The van der Waals surface area contributed by atoms with Crippen molar-refractivity contribution < 1.29 is 14.6 Å². The zero-order valence-corrected chi connectivity index (χ0v) is 11.0. The molecule has 0 saturated carbocycles. The molecule has 0 fully saturated rings. The normalized spacial score (nSPS) is 11.9. The van der Waals surface area contributed by atoms with Gasteiger partial charge in [0.25, 0.3) is 0 Å². The summed E-state index contributed by atoms with van der Waals surface area (Å²) < 4.78 is 5.08. The van der Waals surface area contributed by atoms with Gasteiger partial charge in [0.1, 0.15) is 11.8 Å². The number of nitrogens with zero attached hydrogens (tertiary/aromatic N) is 1. The van der Waals surface area contributed by atoms with E-state index in [9.17, 15) is 4.79 Å². The van der Waals surface area contributed by atoms with Crippen molar-refractivity contribution in [3.63, 3.8) is 0 Å². The van der Waals surface area contributed by atoms with Crippen molar-refractivity contribution in [3.05, 3.63) is 24.3 Å². The van der Waals surface area contributed by atoms with Crippen molar-refractivity contribution in [2.45, 2.75) is 13.0 Å². The Morgan fingerprint density at radius 1 is 1.44 bits per heavy atom.